The Bertz CT molecular complexity index is 965. The van der Waals surface area contributed by atoms with Crippen LogP contribution in [-0.4, -0.2) is 30.7 Å². The average Bonchev–Trinajstić information content (AvgIpc) is 2.73. The van der Waals surface area contributed by atoms with E-state index in [0.717, 1.165) is 11.1 Å². The minimum atomic E-state index is -0.590. The van der Waals surface area contributed by atoms with Crippen LogP contribution in [0.4, 0.5) is 5.69 Å². The zero-order chi connectivity index (χ0) is 19.9. The smallest absolute Gasteiger partial charge is 0.338 e. The third kappa shape index (κ3) is 4.67. The third-order valence-electron chi connectivity index (χ3n) is 4.04. The summed E-state index contributed by atoms with van der Waals surface area (Å²) in [7, 11) is 1.51. The van der Waals surface area contributed by atoms with E-state index in [1.807, 2.05) is 0 Å². The highest BCUT2D eigenvalue weighted by atomic mass is 16.5. The molecular weight excluding hydrogens is 358 g/mol. The molecule has 2 N–H and O–H groups in total. The number of anilines is 1. The van der Waals surface area contributed by atoms with Gasteiger partial charge in [-0.25, -0.2) is 4.79 Å². The first-order valence-corrected chi connectivity index (χ1v) is 8.56. The van der Waals surface area contributed by atoms with Gasteiger partial charge in [0.15, 0.2) is 6.61 Å². The fraction of sp³-hybridized carbons (Fsp3) is 0.0909. The maximum atomic E-state index is 12.2. The summed E-state index contributed by atoms with van der Waals surface area (Å²) in [4.78, 5) is 24.2. The van der Waals surface area contributed by atoms with Crippen LogP contribution in [0.2, 0.25) is 0 Å². The van der Waals surface area contributed by atoms with Crippen LogP contribution in [0.15, 0.2) is 72.8 Å². The number of phenolic OH excluding ortho intramolecular Hbond substituents is 1. The molecule has 0 radical (unpaired) electrons. The zero-order valence-electron chi connectivity index (χ0n) is 15.2. The number of amides is 1. The topological polar surface area (TPSA) is 84.9 Å². The molecule has 3 rings (SSSR count). The van der Waals surface area contributed by atoms with Crippen LogP contribution < -0.4 is 10.1 Å². The summed E-state index contributed by atoms with van der Waals surface area (Å²) in [6.07, 6.45) is 0. The third-order valence-corrected chi connectivity index (χ3v) is 4.04. The summed E-state index contributed by atoms with van der Waals surface area (Å²) in [5.74, 6) is -0.340. The molecule has 0 aliphatic carbocycles. The van der Waals surface area contributed by atoms with E-state index in [2.05, 4.69) is 5.32 Å². The van der Waals surface area contributed by atoms with E-state index >= 15 is 0 Å². The Morgan fingerprint density at radius 3 is 2.14 bits per heavy atom. The van der Waals surface area contributed by atoms with Crippen LogP contribution in [0.5, 0.6) is 11.5 Å². The van der Waals surface area contributed by atoms with Crippen LogP contribution in [0, 0.1) is 0 Å². The molecule has 6 heteroatoms. The van der Waals surface area contributed by atoms with Gasteiger partial charge in [-0.3, -0.25) is 4.79 Å². The first-order valence-electron chi connectivity index (χ1n) is 8.56. The Morgan fingerprint density at radius 1 is 0.893 bits per heavy atom. The van der Waals surface area contributed by atoms with Gasteiger partial charge in [0.1, 0.15) is 11.5 Å². The number of nitrogens with one attached hydrogen (secondary N) is 1. The highest BCUT2D eigenvalue weighted by molar-refractivity contribution is 5.96. The molecule has 0 aromatic heterocycles. The van der Waals surface area contributed by atoms with Crippen molar-refractivity contribution in [3.05, 3.63) is 78.4 Å². The van der Waals surface area contributed by atoms with E-state index in [0.29, 0.717) is 17.0 Å². The van der Waals surface area contributed by atoms with Crippen molar-refractivity contribution in [2.24, 2.45) is 0 Å². The van der Waals surface area contributed by atoms with Crippen LogP contribution in [-0.2, 0) is 9.53 Å². The fourth-order valence-electron chi connectivity index (χ4n) is 2.60. The molecule has 0 bridgehead atoms. The lowest BCUT2D eigenvalue weighted by molar-refractivity contribution is -0.119. The number of ether oxygens (including phenoxy) is 2. The molecular formula is C22H19NO5. The Labute approximate surface area is 162 Å². The van der Waals surface area contributed by atoms with Crippen LogP contribution in [0.1, 0.15) is 10.4 Å². The minimum absolute atomic E-state index is 0.190. The van der Waals surface area contributed by atoms with Gasteiger partial charge in [-0.05, 0) is 47.5 Å². The minimum Gasteiger partial charge on any atom is -0.508 e. The molecule has 142 valence electrons. The number of methoxy groups -OCH3 is 1. The van der Waals surface area contributed by atoms with Crippen molar-refractivity contribution in [1.82, 2.24) is 0 Å². The number of benzene rings is 3. The number of carbonyl (C=O) groups is 2. The molecule has 0 fully saturated rings. The highest BCUT2D eigenvalue weighted by Gasteiger charge is 2.12. The maximum absolute atomic E-state index is 12.2. The van der Waals surface area contributed by atoms with Crippen LogP contribution in [0.25, 0.3) is 11.1 Å². The fourth-order valence-corrected chi connectivity index (χ4v) is 2.60. The van der Waals surface area contributed by atoms with E-state index in [-0.39, 0.29) is 5.75 Å². The van der Waals surface area contributed by atoms with Gasteiger partial charge in [-0.2, -0.15) is 0 Å². The monoisotopic (exact) mass is 377 g/mol. The van der Waals surface area contributed by atoms with E-state index in [1.54, 1.807) is 72.8 Å². The molecule has 0 aliphatic rings. The second-order valence-electron chi connectivity index (χ2n) is 5.95. The number of carbonyl (C=O) groups excluding carboxylic acids is 2. The summed E-state index contributed by atoms with van der Waals surface area (Å²) in [6.45, 7) is -0.406. The second-order valence-corrected chi connectivity index (χ2v) is 5.95. The van der Waals surface area contributed by atoms with E-state index in [9.17, 15) is 14.7 Å². The van der Waals surface area contributed by atoms with Gasteiger partial charge < -0.3 is 19.9 Å². The number of esters is 1. The first-order chi connectivity index (χ1) is 13.6. The Balaban J connectivity index is 1.57. The van der Waals surface area contributed by atoms with Gasteiger partial charge in [0.25, 0.3) is 5.91 Å². The molecule has 6 nitrogen and oxygen atoms in total. The first kappa shape index (κ1) is 19.0. The molecule has 3 aromatic carbocycles. The molecule has 0 heterocycles. The lowest BCUT2D eigenvalue weighted by Crippen LogP contribution is -2.21. The van der Waals surface area contributed by atoms with E-state index in [1.165, 1.54) is 7.11 Å². The Kier molecular flexibility index (Phi) is 5.91. The molecule has 1 amide bonds. The number of aromatic hydroxyl groups is 1. The molecule has 0 aliphatic heterocycles. The Hall–Kier alpha value is -3.80. The summed E-state index contributed by atoms with van der Waals surface area (Å²) < 4.78 is 10.2. The number of rotatable bonds is 6. The summed E-state index contributed by atoms with van der Waals surface area (Å²) in [5.41, 5.74) is 2.65. The largest absolute Gasteiger partial charge is 0.508 e. The van der Waals surface area contributed by atoms with Crippen molar-refractivity contribution in [3.8, 4) is 22.6 Å². The number of para-hydroxylation sites is 2. The highest BCUT2D eigenvalue weighted by Crippen LogP contribution is 2.23. The summed E-state index contributed by atoms with van der Waals surface area (Å²) >= 11 is 0. The SMILES string of the molecule is COc1ccccc1NC(=O)COC(=O)c1ccc(-c2ccc(O)cc2)cc1. The molecule has 0 spiro atoms. The number of phenols is 1. The van der Waals surface area contributed by atoms with Gasteiger partial charge in [-0.1, -0.05) is 36.4 Å². The maximum Gasteiger partial charge on any atom is 0.338 e. The lowest BCUT2D eigenvalue weighted by atomic mass is 10.0. The van der Waals surface area contributed by atoms with Crippen molar-refractivity contribution in [2.45, 2.75) is 0 Å². The summed E-state index contributed by atoms with van der Waals surface area (Å²) in [5, 5.41) is 12.0. The normalized spacial score (nSPS) is 10.2. The number of hydrogen-bond donors (Lipinski definition) is 2. The molecule has 3 aromatic rings. The Morgan fingerprint density at radius 2 is 1.50 bits per heavy atom. The van der Waals surface area contributed by atoms with Crippen molar-refractivity contribution in [1.29, 1.82) is 0 Å². The van der Waals surface area contributed by atoms with E-state index < -0.39 is 18.5 Å². The van der Waals surface area contributed by atoms with Gasteiger partial charge in [-0.15, -0.1) is 0 Å². The van der Waals surface area contributed by atoms with Crippen molar-refractivity contribution >= 4 is 17.6 Å². The molecule has 0 saturated heterocycles. The quantitative estimate of drug-likeness (QED) is 0.637. The van der Waals surface area contributed by atoms with Gasteiger partial charge in [0.05, 0.1) is 18.4 Å². The second kappa shape index (κ2) is 8.73. The van der Waals surface area contributed by atoms with Crippen molar-refractivity contribution in [3.63, 3.8) is 0 Å². The van der Waals surface area contributed by atoms with Gasteiger partial charge in [0.2, 0.25) is 0 Å². The molecule has 0 atom stereocenters. The van der Waals surface area contributed by atoms with Crippen LogP contribution >= 0.6 is 0 Å². The number of hydrogen-bond acceptors (Lipinski definition) is 5. The molecule has 0 unspecified atom stereocenters. The lowest BCUT2D eigenvalue weighted by Gasteiger charge is -2.10. The predicted octanol–water partition coefficient (Wildman–Crippen LogP) is 3.86. The molecule has 0 saturated carbocycles. The summed E-state index contributed by atoms with van der Waals surface area (Å²) in [6, 6.07) is 20.5. The zero-order valence-corrected chi connectivity index (χ0v) is 15.2. The predicted molar refractivity (Wildman–Crippen MR) is 105 cm³/mol. The van der Waals surface area contributed by atoms with Gasteiger partial charge in [0, 0.05) is 0 Å². The van der Waals surface area contributed by atoms with E-state index in [4.69, 9.17) is 9.47 Å². The standard InChI is InChI=1S/C22H19NO5/c1-27-20-5-3-2-4-19(20)23-21(25)14-28-22(26)17-8-6-15(7-9-17)16-10-12-18(24)13-11-16/h2-13,24H,14H2,1H3,(H,23,25). The van der Waals surface area contributed by atoms with Crippen molar-refractivity contribution < 1.29 is 24.2 Å². The average molecular weight is 377 g/mol. The molecule has 28 heavy (non-hydrogen) atoms. The van der Waals surface area contributed by atoms with Crippen molar-refractivity contribution in [2.75, 3.05) is 19.0 Å². The van der Waals surface area contributed by atoms with Crippen LogP contribution in [0.3, 0.4) is 0 Å². The van der Waals surface area contributed by atoms with Gasteiger partial charge >= 0.3 is 5.97 Å².